The van der Waals surface area contributed by atoms with Crippen LogP contribution in [0.15, 0.2) is 0 Å². The monoisotopic (exact) mass is 189 g/mol. The molecule has 0 aliphatic heterocycles. The van der Waals surface area contributed by atoms with E-state index >= 15 is 0 Å². The zero-order valence-corrected chi connectivity index (χ0v) is 11.4. The quantitative estimate of drug-likeness (QED) is 0.539. The second kappa shape index (κ2) is 8.93. The van der Waals surface area contributed by atoms with Gasteiger partial charge in [0.2, 0.25) is 0 Å². The molecule has 79 valence electrons. The fourth-order valence-electron chi connectivity index (χ4n) is 2.50. The number of hydrogen-bond donors (Lipinski definition) is 0. The number of rotatable bonds is 6. The van der Waals surface area contributed by atoms with E-state index in [0.717, 1.165) is 24.2 Å². The van der Waals surface area contributed by atoms with Gasteiger partial charge in [-0.2, -0.15) is 0 Å². The second-order valence-corrected chi connectivity index (χ2v) is 4.73. The molecule has 0 amide bonds. The van der Waals surface area contributed by atoms with Gasteiger partial charge in [-0.1, -0.05) is 78.3 Å². The first-order valence-corrected chi connectivity index (χ1v) is 6.08. The van der Waals surface area contributed by atoms with Gasteiger partial charge in [-0.3, -0.25) is 0 Å². The Balaban J connectivity index is 0. The van der Waals surface area contributed by atoms with E-state index in [1.165, 1.54) is 19.3 Å². The Labute approximate surface area is 104 Å². The SMILES string of the molecule is CCC(C)B(C(C)CC)C(C)CC.[Li]. The van der Waals surface area contributed by atoms with Crippen LogP contribution in [0.3, 0.4) is 0 Å². The van der Waals surface area contributed by atoms with Crippen molar-refractivity contribution in [2.45, 2.75) is 78.3 Å². The van der Waals surface area contributed by atoms with Crippen molar-refractivity contribution in [2.75, 3.05) is 0 Å². The van der Waals surface area contributed by atoms with Crippen molar-refractivity contribution < 1.29 is 0 Å². The van der Waals surface area contributed by atoms with Crippen LogP contribution in [-0.2, 0) is 0 Å². The van der Waals surface area contributed by atoms with Gasteiger partial charge in [0, 0.05) is 18.9 Å². The molecule has 0 N–H and O–H groups in total. The molecule has 0 heterocycles. The van der Waals surface area contributed by atoms with Gasteiger partial charge in [-0.05, 0) is 0 Å². The summed E-state index contributed by atoms with van der Waals surface area (Å²) < 4.78 is 0. The van der Waals surface area contributed by atoms with E-state index in [1.807, 2.05) is 0 Å². The van der Waals surface area contributed by atoms with E-state index in [4.69, 9.17) is 0 Å². The molecule has 0 aromatic carbocycles. The molecule has 0 aliphatic carbocycles. The van der Waals surface area contributed by atoms with E-state index in [0.29, 0.717) is 0 Å². The predicted octanol–water partition coefficient (Wildman–Crippen LogP) is 4.50. The molecule has 0 fully saturated rings. The van der Waals surface area contributed by atoms with E-state index in [1.54, 1.807) is 0 Å². The summed E-state index contributed by atoms with van der Waals surface area (Å²) in [6.07, 6.45) is 4.00. The summed E-state index contributed by atoms with van der Waals surface area (Å²) in [6, 6.07) is 0. The van der Waals surface area contributed by atoms with Crippen molar-refractivity contribution in [1.82, 2.24) is 0 Å². The fraction of sp³-hybridized carbons (Fsp3) is 1.00. The minimum Gasteiger partial charge on any atom is -0.0691 e. The zero-order chi connectivity index (χ0) is 10.4. The smallest absolute Gasteiger partial charge is 0.0691 e. The van der Waals surface area contributed by atoms with Crippen LogP contribution in [0.25, 0.3) is 0 Å². The molecule has 2 heteroatoms. The Hall–Kier alpha value is 0.662. The van der Waals surface area contributed by atoms with E-state index < -0.39 is 0 Å². The maximum absolute atomic E-state index is 2.42. The Kier molecular flexibility index (Phi) is 10.9. The molecular formula is C12H27BLi. The van der Waals surface area contributed by atoms with Crippen LogP contribution in [0.2, 0.25) is 17.5 Å². The van der Waals surface area contributed by atoms with Crippen LogP contribution in [0.5, 0.6) is 0 Å². The fourth-order valence-corrected chi connectivity index (χ4v) is 2.50. The van der Waals surface area contributed by atoms with Gasteiger partial charge in [-0.25, -0.2) is 0 Å². The van der Waals surface area contributed by atoms with Crippen LogP contribution in [0.1, 0.15) is 60.8 Å². The Bertz CT molecular complexity index is 104. The summed E-state index contributed by atoms with van der Waals surface area (Å²) in [6.45, 7) is 15.2. The van der Waals surface area contributed by atoms with Gasteiger partial charge >= 0.3 is 0 Å². The average molecular weight is 189 g/mol. The van der Waals surface area contributed by atoms with Gasteiger partial charge in [-0.15, -0.1) is 0 Å². The van der Waals surface area contributed by atoms with E-state index in [2.05, 4.69) is 41.5 Å². The molecule has 14 heavy (non-hydrogen) atoms. The van der Waals surface area contributed by atoms with E-state index in [9.17, 15) is 0 Å². The summed E-state index contributed by atoms with van der Waals surface area (Å²) in [5, 5.41) is 0. The summed E-state index contributed by atoms with van der Waals surface area (Å²) in [5.74, 6) is 2.68. The van der Waals surface area contributed by atoms with Gasteiger partial charge < -0.3 is 0 Å². The Morgan fingerprint density at radius 1 is 0.714 bits per heavy atom. The molecule has 0 rings (SSSR count). The molecule has 0 nitrogen and oxygen atoms in total. The van der Waals surface area contributed by atoms with Crippen LogP contribution in [-0.4, -0.2) is 25.6 Å². The molecular weight excluding hydrogens is 162 g/mol. The third-order valence-electron chi connectivity index (χ3n) is 3.90. The van der Waals surface area contributed by atoms with Crippen molar-refractivity contribution in [3.05, 3.63) is 0 Å². The summed E-state index contributed by atoms with van der Waals surface area (Å²) in [4.78, 5) is 0. The normalized spacial score (nSPS) is 16.7. The van der Waals surface area contributed by atoms with E-state index in [-0.39, 0.29) is 18.9 Å². The zero-order valence-electron chi connectivity index (χ0n) is 11.4. The van der Waals surface area contributed by atoms with Crippen LogP contribution < -0.4 is 0 Å². The topological polar surface area (TPSA) is 0 Å². The first-order chi connectivity index (χ1) is 6.08. The van der Waals surface area contributed by atoms with Crippen molar-refractivity contribution in [1.29, 1.82) is 0 Å². The molecule has 0 saturated carbocycles. The van der Waals surface area contributed by atoms with Gasteiger partial charge in [0.05, 0.1) is 0 Å². The van der Waals surface area contributed by atoms with Crippen molar-refractivity contribution in [3.63, 3.8) is 0 Å². The molecule has 0 aromatic heterocycles. The first-order valence-electron chi connectivity index (χ1n) is 6.08. The first kappa shape index (κ1) is 17.1. The van der Waals surface area contributed by atoms with Crippen LogP contribution in [0.4, 0.5) is 0 Å². The van der Waals surface area contributed by atoms with Crippen molar-refractivity contribution >= 4 is 25.6 Å². The Morgan fingerprint density at radius 2 is 0.929 bits per heavy atom. The van der Waals surface area contributed by atoms with Gasteiger partial charge in [0.25, 0.3) is 0 Å². The molecule has 0 saturated heterocycles. The third kappa shape index (κ3) is 4.94. The standard InChI is InChI=1S/C12H27B.Li/c1-7-10(4)13(11(5)8-2)12(6)9-3;/h10-12H,7-9H2,1-6H3;. The maximum atomic E-state index is 2.42. The summed E-state index contributed by atoms with van der Waals surface area (Å²) in [7, 11) is 0. The maximum Gasteiger partial charge on any atom is 0.148 e. The summed E-state index contributed by atoms with van der Waals surface area (Å²) in [5.41, 5.74) is 0. The molecule has 3 atom stereocenters. The summed E-state index contributed by atoms with van der Waals surface area (Å²) >= 11 is 0. The molecule has 0 spiro atoms. The van der Waals surface area contributed by atoms with Crippen molar-refractivity contribution in [2.24, 2.45) is 0 Å². The van der Waals surface area contributed by atoms with Crippen molar-refractivity contribution in [3.8, 4) is 0 Å². The molecule has 3 unspecified atom stereocenters. The molecule has 0 aliphatic rings. The second-order valence-electron chi connectivity index (χ2n) is 4.73. The van der Waals surface area contributed by atoms with Gasteiger partial charge in [0.15, 0.2) is 0 Å². The molecule has 0 aromatic rings. The minimum absolute atomic E-state index is 0. The largest absolute Gasteiger partial charge is 0.148 e. The molecule has 0 bridgehead atoms. The van der Waals surface area contributed by atoms with Crippen LogP contribution >= 0.6 is 0 Å². The number of hydrogen-bond acceptors (Lipinski definition) is 0. The van der Waals surface area contributed by atoms with Crippen LogP contribution in [0, 0.1) is 0 Å². The Morgan fingerprint density at radius 3 is 1.07 bits per heavy atom. The third-order valence-corrected chi connectivity index (χ3v) is 3.90. The predicted molar refractivity (Wildman–Crippen MR) is 70.7 cm³/mol. The van der Waals surface area contributed by atoms with Gasteiger partial charge in [0.1, 0.15) is 6.71 Å². The molecule has 1 radical (unpaired) electrons. The average Bonchev–Trinajstić information content (AvgIpc) is 2.16. The minimum atomic E-state index is 0.